The van der Waals surface area contributed by atoms with Gasteiger partial charge in [0.05, 0.1) is 0 Å². The van der Waals surface area contributed by atoms with Gasteiger partial charge in [0.15, 0.2) is 0 Å². The van der Waals surface area contributed by atoms with Gasteiger partial charge in [-0.15, -0.1) is 0 Å². The standard InChI is InChI=1S/C19H32N2O2/c1-15-6-5-11-21(14-15)19(23)17-9-12-20(13-10-17)18(22)16-7-3-2-4-8-16/h15-17H,2-14H2,1H3. The number of piperidine rings is 2. The van der Waals surface area contributed by atoms with Crippen LogP contribution in [0, 0.1) is 17.8 Å². The Labute approximate surface area is 140 Å². The van der Waals surface area contributed by atoms with Gasteiger partial charge in [0, 0.05) is 38.0 Å². The summed E-state index contributed by atoms with van der Waals surface area (Å²) in [4.78, 5) is 29.4. The fourth-order valence-electron chi connectivity index (χ4n) is 4.60. The SMILES string of the molecule is CC1CCCN(C(=O)C2CCN(C(=O)C3CCCCC3)CC2)C1. The largest absolute Gasteiger partial charge is 0.342 e. The van der Waals surface area contributed by atoms with Crippen LogP contribution in [0.4, 0.5) is 0 Å². The maximum atomic E-state index is 12.7. The normalized spacial score (nSPS) is 28.0. The van der Waals surface area contributed by atoms with Crippen molar-refractivity contribution in [1.29, 1.82) is 0 Å². The molecule has 3 aliphatic rings. The van der Waals surface area contributed by atoms with Crippen LogP contribution in [0.2, 0.25) is 0 Å². The summed E-state index contributed by atoms with van der Waals surface area (Å²) in [6.07, 6.45) is 9.96. The van der Waals surface area contributed by atoms with E-state index in [9.17, 15) is 9.59 Å². The smallest absolute Gasteiger partial charge is 0.225 e. The maximum Gasteiger partial charge on any atom is 0.225 e. The molecule has 0 N–H and O–H groups in total. The first-order valence-electron chi connectivity index (χ1n) is 9.72. The number of amides is 2. The van der Waals surface area contributed by atoms with Gasteiger partial charge in [0.1, 0.15) is 0 Å². The average Bonchev–Trinajstić information content (AvgIpc) is 2.61. The molecule has 4 nitrogen and oxygen atoms in total. The molecule has 1 aliphatic carbocycles. The van der Waals surface area contributed by atoms with Gasteiger partial charge in [-0.3, -0.25) is 9.59 Å². The van der Waals surface area contributed by atoms with E-state index < -0.39 is 0 Å². The molecule has 130 valence electrons. The van der Waals surface area contributed by atoms with E-state index >= 15 is 0 Å². The second-order valence-electron chi connectivity index (χ2n) is 7.97. The number of hydrogen-bond acceptors (Lipinski definition) is 2. The second-order valence-corrected chi connectivity index (χ2v) is 7.97. The molecule has 0 bridgehead atoms. The van der Waals surface area contributed by atoms with Crippen molar-refractivity contribution in [3.05, 3.63) is 0 Å². The molecule has 4 heteroatoms. The summed E-state index contributed by atoms with van der Waals surface area (Å²) in [6.45, 7) is 5.68. The zero-order chi connectivity index (χ0) is 16.2. The predicted molar refractivity (Wildman–Crippen MR) is 90.9 cm³/mol. The highest BCUT2D eigenvalue weighted by atomic mass is 16.2. The Hall–Kier alpha value is -1.06. The van der Waals surface area contributed by atoms with E-state index in [0.717, 1.165) is 58.3 Å². The molecule has 0 aromatic heterocycles. The third-order valence-corrected chi connectivity index (χ3v) is 6.08. The first kappa shape index (κ1) is 16.8. The third kappa shape index (κ3) is 4.07. The van der Waals surface area contributed by atoms with Crippen LogP contribution in [0.3, 0.4) is 0 Å². The third-order valence-electron chi connectivity index (χ3n) is 6.08. The zero-order valence-corrected chi connectivity index (χ0v) is 14.6. The first-order chi connectivity index (χ1) is 11.1. The van der Waals surface area contributed by atoms with E-state index in [1.165, 1.54) is 25.7 Å². The Morgan fingerprint density at radius 1 is 0.696 bits per heavy atom. The van der Waals surface area contributed by atoms with Gasteiger partial charge in [0.25, 0.3) is 0 Å². The molecule has 0 aromatic carbocycles. The summed E-state index contributed by atoms with van der Waals surface area (Å²) in [5.41, 5.74) is 0. The fourth-order valence-corrected chi connectivity index (χ4v) is 4.60. The molecule has 3 rings (SSSR count). The Morgan fingerprint density at radius 3 is 1.96 bits per heavy atom. The number of carbonyl (C=O) groups is 2. The summed E-state index contributed by atoms with van der Waals surface area (Å²) in [6, 6.07) is 0. The molecule has 23 heavy (non-hydrogen) atoms. The summed E-state index contributed by atoms with van der Waals surface area (Å²) in [7, 11) is 0. The van der Waals surface area contributed by atoms with Crippen molar-refractivity contribution in [2.75, 3.05) is 26.2 Å². The minimum absolute atomic E-state index is 0.149. The molecule has 1 unspecified atom stereocenters. The lowest BCUT2D eigenvalue weighted by molar-refractivity contribution is -0.144. The highest BCUT2D eigenvalue weighted by Gasteiger charge is 2.33. The molecule has 0 spiro atoms. The Balaban J connectivity index is 1.47. The van der Waals surface area contributed by atoms with Crippen molar-refractivity contribution in [1.82, 2.24) is 9.80 Å². The van der Waals surface area contributed by atoms with Gasteiger partial charge in [-0.1, -0.05) is 26.2 Å². The van der Waals surface area contributed by atoms with Crippen molar-refractivity contribution in [3.8, 4) is 0 Å². The van der Waals surface area contributed by atoms with Gasteiger partial charge in [-0.05, 0) is 44.4 Å². The van der Waals surface area contributed by atoms with Crippen LogP contribution in [0.1, 0.15) is 64.7 Å². The van der Waals surface area contributed by atoms with Crippen LogP contribution >= 0.6 is 0 Å². The first-order valence-corrected chi connectivity index (χ1v) is 9.72. The molecule has 0 radical (unpaired) electrons. The van der Waals surface area contributed by atoms with Gasteiger partial charge >= 0.3 is 0 Å². The second kappa shape index (κ2) is 7.67. The molecule has 3 fully saturated rings. The fraction of sp³-hybridized carbons (Fsp3) is 0.895. The molecular weight excluding hydrogens is 288 g/mol. The molecule has 1 atom stereocenters. The minimum atomic E-state index is 0.149. The zero-order valence-electron chi connectivity index (χ0n) is 14.6. The Bertz CT molecular complexity index is 423. The predicted octanol–water partition coefficient (Wildman–Crippen LogP) is 3.06. The van der Waals surface area contributed by atoms with Crippen LogP contribution in [-0.2, 0) is 9.59 Å². The summed E-state index contributed by atoms with van der Waals surface area (Å²) < 4.78 is 0. The van der Waals surface area contributed by atoms with Crippen molar-refractivity contribution in [2.45, 2.75) is 64.7 Å². The van der Waals surface area contributed by atoms with E-state index in [0.29, 0.717) is 17.7 Å². The minimum Gasteiger partial charge on any atom is -0.342 e. The van der Waals surface area contributed by atoms with E-state index in [1.807, 2.05) is 4.90 Å². The van der Waals surface area contributed by atoms with E-state index in [2.05, 4.69) is 11.8 Å². The molecular formula is C19H32N2O2. The van der Waals surface area contributed by atoms with Gasteiger partial charge in [0.2, 0.25) is 11.8 Å². The lowest BCUT2D eigenvalue weighted by atomic mass is 9.87. The van der Waals surface area contributed by atoms with E-state index in [1.54, 1.807) is 0 Å². The van der Waals surface area contributed by atoms with Crippen LogP contribution in [0.25, 0.3) is 0 Å². The van der Waals surface area contributed by atoms with Crippen molar-refractivity contribution in [3.63, 3.8) is 0 Å². The number of rotatable bonds is 2. The monoisotopic (exact) mass is 320 g/mol. The highest BCUT2D eigenvalue weighted by Crippen LogP contribution is 2.28. The van der Waals surface area contributed by atoms with Crippen molar-refractivity contribution in [2.24, 2.45) is 17.8 Å². The topological polar surface area (TPSA) is 40.6 Å². The number of carbonyl (C=O) groups excluding carboxylic acids is 2. The summed E-state index contributed by atoms with van der Waals surface area (Å²) in [5, 5.41) is 0. The number of hydrogen-bond donors (Lipinski definition) is 0. The molecule has 1 saturated carbocycles. The number of nitrogens with zero attached hydrogens (tertiary/aromatic N) is 2. The van der Waals surface area contributed by atoms with Crippen molar-refractivity contribution >= 4 is 11.8 Å². The van der Waals surface area contributed by atoms with Crippen LogP contribution in [-0.4, -0.2) is 47.8 Å². The Kier molecular flexibility index (Phi) is 5.60. The summed E-state index contributed by atoms with van der Waals surface area (Å²) >= 11 is 0. The van der Waals surface area contributed by atoms with E-state index in [-0.39, 0.29) is 11.8 Å². The van der Waals surface area contributed by atoms with Gasteiger partial charge in [-0.25, -0.2) is 0 Å². The molecule has 0 aromatic rings. The number of likely N-dealkylation sites (tertiary alicyclic amines) is 2. The maximum absolute atomic E-state index is 12.7. The van der Waals surface area contributed by atoms with Crippen molar-refractivity contribution < 1.29 is 9.59 Å². The van der Waals surface area contributed by atoms with Crippen LogP contribution in [0.15, 0.2) is 0 Å². The van der Waals surface area contributed by atoms with Gasteiger partial charge < -0.3 is 9.80 Å². The lowest BCUT2D eigenvalue weighted by Crippen LogP contribution is -2.48. The molecule has 2 heterocycles. The van der Waals surface area contributed by atoms with Gasteiger partial charge in [-0.2, -0.15) is 0 Å². The van der Waals surface area contributed by atoms with Crippen LogP contribution < -0.4 is 0 Å². The van der Waals surface area contributed by atoms with E-state index in [4.69, 9.17) is 0 Å². The summed E-state index contributed by atoms with van der Waals surface area (Å²) in [5.74, 6) is 1.76. The molecule has 2 saturated heterocycles. The molecule has 2 aliphatic heterocycles. The van der Waals surface area contributed by atoms with Crippen LogP contribution in [0.5, 0.6) is 0 Å². The lowest BCUT2D eigenvalue weighted by Gasteiger charge is -2.38. The molecule has 2 amide bonds. The average molecular weight is 320 g/mol. The quantitative estimate of drug-likeness (QED) is 0.784. The Morgan fingerprint density at radius 2 is 1.30 bits per heavy atom. The highest BCUT2D eigenvalue weighted by molar-refractivity contribution is 5.81.